The summed E-state index contributed by atoms with van der Waals surface area (Å²) in [6.07, 6.45) is -0.820. The minimum atomic E-state index is -0.820. The van der Waals surface area contributed by atoms with Crippen LogP contribution in [-0.4, -0.2) is 30.3 Å². The standard InChI is InChI=1S/C18H21NO3/c1-6-12(4)17(20)16-15(11(2)3)18(21)19(16)13-7-9-14(22-5)10-8-13/h7-10,15-17,20H,1-2H2,3-5H3/t15-,16-,17+/m1/s1. The summed E-state index contributed by atoms with van der Waals surface area (Å²) in [5, 5.41) is 10.5. The molecule has 1 aromatic rings. The maximum absolute atomic E-state index is 12.5. The molecule has 0 aromatic heterocycles. The second-order valence-electron chi connectivity index (χ2n) is 5.53. The lowest BCUT2D eigenvalue weighted by atomic mass is 9.77. The van der Waals surface area contributed by atoms with Gasteiger partial charge in [-0.25, -0.2) is 0 Å². The van der Waals surface area contributed by atoms with Crippen LogP contribution in [0.25, 0.3) is 0 Å². The zero-order valence-corrected chi connectivity index (χ0v) is 13.2. The third-order valence-electron chi connectivity index (χ3n) is 4.07. The molecule has 0 spiro atoms. The van der Waals surface area contributed by atoms with Crippen LogP contribution in [-0.2, 0) is 4.79 Å². The number of hydrogen-bond donors (Lipinski definition) is 1. The van der Waals surface area contributed by atoms with Crippen molar-refractivity contribution in [2.75, 3.05) is 12.0 Å². The van der Waals surface area contributed by atoms with Crippen LogP contribution in [0.3, 0.4) is 0 Å². The second kappa shape index (κ2) is 6.22. The molecule has 1 aliphatic heterocycles. The third kappa shape index (κ3) is 2.59. The van der Waals surface area contributed by atoms with Crippen molar-refractivity contribution in [2.45, 2.75) is 26.0 Å². The van der Waals surface area contributed by atoms with Crippen LogP contribution in [0, 0.1) is 5.92 Å². The average Bonchev–Trinajstić information content (AvgIpc) is 2.51. The predicted octanol–water partition coefficient (Wildman–Crippen LogP) is 2.69. The molecule has 22 heavy (non-hydrogen) atoms. The summed E-state index contributed by atoms with van der Waals surface area (Å²) in [4.78, 5) is 14.1. The molecule has 1 fully saturated rings. The number of hydrogen-bond acceptors (Lipinski definition) is 3. The topological polar surface area (TPSA) is 49.8 Å². The number of β-lactam (4-membered cyclic amide) rings is 1. The molecule has 1 aliphatic rings. The van der Waals surface area contributed by atoms with Gasteiger partial charge in [0.2, 0.25) is 5.91 Å². The highest BCUT2D eigenvalue weighted by molar-refractivity contribution is 6.05. The zero-order valence-electron chi connectivity index (χ0n) is 13.2. The van der Waals surface area contributed by atoms with E-state index in [1.54, 1.807) is 50.1 Å². The Kier molecular flexibility index (Phi) is 4.55. The molecule has 0 aliphatic carbocycles. The number of carbonyl (C=O) groups excluding carboxylic acids is 1. The number of rotatable bonds is 5. The van der Waals surface area contributed by atoms with E-state index in [9.17, 15) is 9.90 Å². The van der Waals surface area contributed by atoms with Crippen molar-refractivity contribution in [3.8, 4) is 5.75 Å². The number of nitrogens with zero attached hydrogens (tertiary/aromatic N) is 1. The summed E-state index contributed by atoms with van der Waals surface area (Å²) < 4.78 is 5.13. The van der Waals surface area contributed by atoms with E-state index in [-0.39, 0.29) is 17.9 Å². The van der Waals surface area contributed by atoms with E-state index in [0.717, 1.165) is 11.3 Å². The number of anilines is 1. The van der Waals surface area contributed by atoms with Crippen LogP contribution < -0.4 is 9.64 Å². The molecular weight excluding hydrogens is 278 g/mol. The molecule has 4 nitrogen and oxygen atoms in total. The molecule has 0 bridgehead atoms. The summed E-state index contributed by atoms with van der Waals surface area (Å²) in [5.41, 5.74) is 4.79. The summed E-state index contributed by atoms with van der Waals surface area (Å²) >= 11 is 0. The first-order valence-electron chi connectivity index (χ1n) is 7.09. The Balaban J connectivity index is 2.37. The van der Waals surface area contributed by atoms with Gasteiger partial charge in [-0.1, -0.05) is 18.7 Å². The van der Waals surface area contributed by atoms with Crippen LogP contribution in [0.1, 0.15) is 13.8 Å². The lowest BCUT2D eigenvalue weighted by molar-refractivity contribution is -0.130. The number of carbonyl (C=O) groups is 1. The van der Waals surface area contributed by atoms with Gasteiger partial charge in [-0.2, -0.15) is 0 Å². The summed E-state index contributed by atoms with van der Waals surface area (Å²) in [6, 6.07) is 6.80. The summed E-state index contributed by atoms with van der Waals surface area (Å²) in [6.45, 7) is 11.0. The number of ether oxygens (including phenoxy) is 1. The van der Waals surface area contributed by atoms with E-state index in [1.165, 1.54) is 0 Å². The van der Waals surface area contributed by atoms with Crippen LogP contribution >= 0.6 is 0 Å². The largest absolute Gasteiger partial charge is 0.497 e. The molecule has 0 saturated carbocycles. The van der Waals surface area contributed by atoms with Crippen molar-refractivity contribution < 1.29 is 14.6 Å². The molecule has 1 heterocycles. The fourth-order valence-electron chi connectivity index (χ4n) is 2.74. The normalized spacial score (nSPS) is 21.6. The first kappa shape index (κ1) is 16.1. The van der Waals surface area contributed by atoms with Crippen LogP contribution in [0.5, 0.6) is 5.75 Å². The van der Waals surface area contributed by atoms with Crippen molar-refractivity contribution in [2.24, 2.45) is 5.92 Å². The minimum Gasteiger partial charge on any atom is -0.497 e. The number of aliphatic hydroxyl groups is 1. The van der Waals surface area contributed by atoms with Gasteiger partial charge in [0.15, 0.2) is 0 Å². The van der Waals surface area contributed by atoms with Crippen molar-refractivity contribution in [1.82, 2.24) is 0 Å². The van der Waals surface area contributed by atoms with Gasteiger partial charge in [-0.05, 0) is 43.7 Å². The Hall–Kier alpha value is -2.29. The maximum Gasteiger partial charge on any atom is 0.236 e. The van der Waals surface area contributed by atoms with Gasteiger partial charge in [0.05, 0.1) is 19.1 Å². The van der Waals surface area contributed by atoms with Gasteiger partial charge in [-0.3, -0.25) is 4.79 Å². The Morgan fingerprint density at radius 1 is 1.36 bits per heavy atom. The Bertz CT molecular complexity index is 641. The smallest absolute Gasteiger partial charge is 0.236 e. The summed E-state index contributed by atoms with van der Waals surface area (Å²) in [5.74, 6) is 0.270. The van der Waals surface area contributed by atoms with Crippen LogP contribution in [0.2, 0.25) is 0 Å². The first-order valence-corrected chi connectivity index (χ1v) is 7.09. The Morgan fingerprint density at radius 3 is 2.41 bits per heavy atom. The molecule has 0 radical (unpaired) electrons. The molecular formula is C18H21NO3. The SMILES string of the molecule is C=C=C(C)[C@H](O)[C@H]1[C@@H](C(=C)C)C(=O)N1c1ccc(OC)cc1. The van der Waals surface area contributed by atoms with E-state index < -0.39 is 6.10 Å². The number of methoxy groups -OCH3 is 1. The lowest BCUT2D eigenvalue weighted by Crippen LogP contribution is -2.66. The van der Waals surface area contributed by atoms with Gasteiger partial charge in [-0.15, -0.1) is 5.73 Å². The van der Waals surface area contributed by atoms with Crippen molar-refractivity contribution in [3.63, 3.8) is 0 Å². The van der Waals surface area contributed by atoms with Crippen molar-refractivity contribution in [3.05, 3.63) is 54.3 Å². The third-order valence-corrected chi connectivity index (χ3v) is 4.07. The number of benzene rings is 1. The van der Waals surface area contributed by atoms with Crippen LogP contribution in [0.15, 0.2) is 54.3 Å². The highest BCUT2D eigenvalue weighted by atomic mass is 16.5. The van der Waals surface area contributed by atoms with Gasteiger partial charge >= 0.3 is 0 Å². The zero-order chi connectivity index (χ0) is 16.4. The van der Waals surface area contributed by atoms with Crippen molar-refractivity contribution >= 4 is 11.6 Å². The lowest BCUT2D eigenvalue weighted by Gasteiger charge is -2.49. The highest BCUT2D eigenvalue weighted by Crippen LogP contribution is 2.39. The number of amides is 1. The van der Waals surface area contributed by atoms with E-state index in [1.807, 2.05) is 0 Å². The fourth-order valence-corrected chi connectivity index (χ4v) is 2.74. The van der Waals surface area contributed by atoms with E-state index >= 15 is 0 Å². The number of aliphatic hydroxyl groups excluding tert-OH is 1. The fraction of sp³-hybridized carbons (Fsp3) is 0.333. The van der Waals surface area contributed by atoms with Gasteiger partial charge in [0, 0.05) is 5.69 Å². The highest BCUT2D eigenvalue weighted by Gasteiger charge is 2.52. The quantitative estimate of drug-likeness (QED) is 0.516. The predicted molar refractivity (Wildman–Crippen MR) is 86.9 cm³/mol. The first-order chi connectivity index (χ1) is 10.4. The monoisotopic (exact) mass is 299 g/mol. The molecule has 1 aromatic carbocycles. The molecule has 2 rings (SSSR count). The molecule has 116 valence electrons. The molecule has 3 atom stereocenters. The van der Waals surface area contributed by atoms with Crippen LogP contribution in [0.4, 0.5) is 5.69 Å². The van der Waals surface area contributed by atoms with Gasteiger partial charge < -0.3 is 14.7 Å². The van der Waals surface area contributed by atoms with Gasteiger partial charge in [0.25, 0.3) is 0 Å². The summed E-state index contributed by atoms with van der Waals surface area (Å²) in [7, 11) is 1.59. The second-order valence-corrected chi connectivity index (χ2v) is 5.53. The average molecular weight is 299 g/mol. The molecule has 1 saturated heterocycles. The van der Waals surface area contributed by atoms with Gasteiger partial charge in [0.1, 0.15) is 11.9 Å². The van der Waals surface area contributed by atoms with E-state index in [0.29, 0.717) is 11.3 Å². The molecule has 0 unspecified atom stereocenters. The molecule has 1 N–H and O–H groups in total. The van der Waals surface area contributed by atoms with E-state index in [2.05, 4.69) is 18.9 Å². The Labute approximate surface area is 131 Å². The Morgan fingerprint density at radius 2 is 1.95 bits per heavy atom. The minimum absolute atomic E-state index is 0.0569. The van der Waals surface area contributed by atoms with Crippen molar-refractivity contribution in [1.29, 1.82) is 0 Å². The molecule has 4 heteroatoms. The maximum atomic E-state index is 12.5. The molecule has 1 amide bonds. The van der Waals surface area contributed by atoms with E-state index in [4.69, 9.17) is 4.74 Å².